The van der Waals surface area contributed by atoms with Gasteiger partial charge in [0, 0.05) is 6.54 Å². The van der Waals surface area contributed by atoms with Gasteiger partial charge in [-0.3, -0.25) is 4.79 Å². The van der Waals surface area contributed by atoms with Crippen molar-refractivity contribution in [3.8, 4) is 11.5 Å². The topological polar surface area (TPSA) is 100 Å². The fourth-order valence-electron chi connectivity index (χ4n) is 3.18. The SMILES string of the molecule is COc1ccc([C@H]2NC(=O)NC3=C2C(=O)N(C[C@H](C)O)C3)cc1OC. The lowest BCUT2D eigenvalue weighted by molar-refractivity contribution is -0.126. The van der Waals surface area contributed by atoms with Crippen molar-refractivity contribution in [1.82, 2.24) is 15.5 Å². The Bertz CT molecular complexity index is 744. The summed E-state index contributed by atoms with van der Waals surface area (Å²) in [6.07, 6.45) is -0.645. The normalized spacial score (nSPS) is 20.8. The molecule has 8 heteroatoms. The molecular formula is C17H21N3O5. The molecule has 134 valence electrons. The zero-order valence-corrected chi connectivity index (χ0v) is 14.3. The quantitative estimate of drug-likeness (QED) is 0.722. The Morgan fingerprint density at radius 3 is 2.64 bits per heavy atom. The van der Waals surface area contributed by atoms with Crippen LogP contribution in [0.4, 0.5) is 4.79 Å². The Morgan fingerprint density at radius 1 is 1.28 bits per heavy atom. The van der Waals surface area contributed by atoms with E-state index in [9.17, 15) is 14.7 Å². The molecule has 3 N–H and O–H groups in total. The maximum absolute atomic E-state index is 12.8. The molecule has 0 bridgehead atoms. The van der Waals surface area contributed by atoms with E-state index < -0.39 is 12.1 Å². The van der Waals surface area contributed by atoms with Gasteiger partial charge in [0.15, 0.2) is 11.5 Å². The van der Waals surface area contributed by atoms with E-state index in [4.69, 9.17) is 9.47 Å². The number of ether oxygens (including phenoxy) is 2. The van der Waals surface area contributed by atoms with E-state index in [0.29, 0.717) is 28.3 Å². The number of hydrogen-bond acceptors (Lipinski definition) is 5. The molecule has 0 fully saturated rings. The van der Waals surface area contributed by atoms with Crippen molar-refractivity contribution < 1.29 is 24.2 Å². The highest BCUT2D eigenvalue weighted by Crippen LogP contribution is 2.36. The van der Waals surface area contributed by atoms with Gasteiger partial charge in [-0.25, -0.2) is 4.79 Å². The summed E-state index contributed by atoms with van der Waals surface area (Å²) in [4.78, 5) is 26.3. The van der Waals surface area contributed by atoms with Crippen LogP contribution >= 0.6 is 0 Å². The molecule has 0 unspecified atom stereocenters. The number of nitrogens with zero attached hydrogens (tertiary/aromatic N) is 1. The first kappa shape index (κ1) is 17.1. The Labute approximate surface area is 145 Å². The van der Waals surface area contributed by atoms with Crippen LogP contribution in [0.15, 0.2) is 29.5 Å². The molecule has 0 radical (unpaired) electrons. The van der Waals surface area contributed by atoms with Crippen LogP contribution in [0, 0.1) is 0 Å². The van der Waals surface area contributed by atoms with Crippen LogP contribution < -0.4 is 20.1 Å². The minimum atomic E-state index is -0.645. The van der Waals surface area contributed by atoms with Crippen LogP contribution in [-0.4, -0.2) is 55.4 Å². The number of amides is 3. The summed E-state index contributed by atoms with van der Waals surface area (Å²) in [6, 6.07) is 4.30. The number of methoxy groups -OCH3 is 2. The van der Waals surface area contributed by atoms with Crippen molar-refractivity contribution in [3.63, 3.8) is 0 Å². The number of rotatable bonds is 5. The van der Waals surface area contributed by atoms with E-state index in [1.54, 1.807) is 32.2 Å². The summed E-state index contributed by atoms with van der Waals surface area (Å²) in [7, 11) is 3.07. The summed E-state index contributed by atoms with van der Waals surface area (Å²) in [5, 5.41) is 15.1. The van der Waals surface area contributed by atoms with Gasteiger partial charge in [-0.15, -0.1) is 0 Å². The summed E-state index contributed by atoms with van der Waals surface area (Å²) >= 11 is 0. The fraction of sp³-hybridized carbons (Fsp3) is 0.412. The lowest BCUT2D eigenvalue weighted by Crippen LogP contribution is -2.44. The lowest BCUT2D eigenvalue weighted by atomic mass is 9.96. The number of hydrogen-bond donors (Lipinski definition) is 3. The standard InChI is InChI=1S/C17H21N3O5/c1-9(21)7-20-8-11-14(16(20)22)15(19-17(23)18-11)10-4-5-12(24-2)13(6-10)25-3/h4-6,9,15,21H,7-8H2,1-3H3,(H2,18,19,23)/t9-,15+/m0/s1. The second-order valence-electron chi connectivity index (χ2n) is 6.07. The molecule has 0 saturated carbocycles. The molecule has 1 aromatic carbocycles. The molecule has 0 aliphatic carbocycles. The minimum Gasteiger partial charge on any atom is -0.493 e. The van der Waals surface area contributed by atoms with Crippen molar-refractivity contribution in [2.24, 2.45) is 0 Å². The van der Waals surface area contributed by atoms with E-state index in [0.717, 1.165) is 0 Å². The van der Waals surface area contributed by atoms with Crippen LogP contribution in [0.3, 0.4) is 0 Å². The van der Waals surface area contributed by atoms with E-state index >= 15 is 0 Å². The molecule has 2 atom stereocenters. The molecule has 8 nitrogen and oxygen atoms in total. The Balaban J connectivity index is 1.97. The number of aliphatic hydroxyl groups is 1. The number of aliphatic hydroxyl groups excluding tert-OH is 1. The zero-order chi connectivity index (χ0) is 18.1. The Hall–Kier alpha value is -2.74. The highest BCUT2D eigenvalue weighted by molar-refractivity contribution is 6.01. The molecule has 25 heavy (non-hydrogen) atoms. The van der Waals surface area contributed by atoms with Gasteiger partial charge in [0.25, 0.3) is 5.91 Å². The predicted molar refractivity (Wildman–Crippen MR) is 89.2 cm³/mol. The van der Waals surface area contributed by atoms with Gasteiger partial charge in [-0.1, -0.05) is 6.07 Å². The van der Waals surface area contributed by atoms with E-state index in [1.165, 1.54) is 12.0 Å². The van der Waals surface area contributed by atoms with Crippen LogP contribution in [0.5, 0.6) is 11.5 Å². The average molecular weight is 347 g/mol. The molecule has 2 heterocycles. The van der Waals surface area contributed by atoms with Crippen molar-refractivity contribution in [2.75, 3.05) is 27.3 Å². The van der Waals surface area contributed by atoms with Crippen LogP contribution in [-0.2, 0) is 4.79 Å². The Kier molecular flexibility index (Phi) is 4.54. The summed E-state index contributed by atoms with van der Waals surface area (Å²) in [5.41, 5.74) is 1.76. The Morgan fingerprint density at radius 2 is 2.00 bits per heavy atom. The molecule has 0 saturated heterocycles. The fourth-order valence-corrected chi connectivity index (χ4v) is 3.18. The average Bonchev–Trinajstić information content (AvgIpc) is 2.88. The highest BCUT2D eigenvalue weighted by Gasteiger charge is 2.40. The van der Waals surface area contributed by atoms with Gasteiger partial charge in [0.1, 0.15) is 0 Å². The van der Waals surface area contributed by atoms with Crippen molar-refractivity contribution in [1.29, 1.82) is 0 Å². The summed E-state index contributed by atoms with van der Waals surface area (Å²) in [6.45, 7) is 2.10. The zero-order valence-electron chi connectivity index (χ0n) is 14.3. The van der Waals surface area contributed by atoms with Gasteiger partial charge < -0.3 is 30.1 Å². The maximum Gasteiger partial charge on any atom is 0.319 e. The third-order valence-electron chi connectivity index (χ3n) is 4.25. The molecule has 0 spiro atoms. The molecule has 0 aromatic heterocycles. The largest absolute Gasteiger partial charge is 0.493 e. The third kappa shape index (κ3) is 3.12. The van der Waals surface area contributed by atoms with Crippen LogP contribution in [0.25, 0.3) is 0 Å². The van der Waals surface area contributed by atoms with Gasteiger partial charge in [0.2, 0.25) is 0 Å². The first-order valence-corrected chi connectivity index (χ1v) is 7.94. The molecule has 2 aliphatic rings. The van der Waals surface area contributed by atoms with Crippen LogP contribution in [0.1, 0.15) is 18.5 Å². The number of benzene rings is 1. The smallest absolute Gasteiger partial charge is 0.319 e. The highest BCUT2D eigenvalue weighted by atomic mass is 16.5. The molecule has 3 rings (SSSR count). The van der Waals surface area contributed by atoms with Crippen molar-refractivity contribution in [2.45, 2.75) is 19.1 Å². The molecular weight excluding hydrogens is 326 g/mol. The van der Waals surface area contributed by atoms with Crippen molar-refractivity contribution >= 4 is 11.9 Å². The van der Waals surface area contributed by atoms with Gasteiger partial charge in [-0.2, -0.15) is 0 Å². The van der Waals surface area contributed by atoms with E-state index in [2.05, 4.69) is 10.6 Å². The van der Waals surface area contributed by atoms with Crippen LogP contribution in [0.2, 0.25) is 0 Å². The van der Waals surface area contributed by atoms with Gasteiger partial charge >= 0.3 is 6.03 Å². The molecule has 3 amide bonds. The third-order valence-corrected chi connectivity index (χ3v) is 4.25. The lowest BCUT2D eigenvalue weighted by Gasteiger charge is -2.26. The first-order valence-electron chi connectivity index (χ1n) is 7.94. The second-order valence-corrected chi connectivity index (χ2v) is 6.07. The summed E-state index contributed by atoms with van der Waals surface area (Å²) in [5.74, 6) is 0.874. The van der Waals surface area contributed by atoms with E-state index in [1.807, 2.05) is 0 Å². The number of urea groups is 1. The van der Waals surface area contributed by atoms with Gasteiger partial charge in [0.05, 0.1) is 44.2 Å². The van der Waals surface area contributed by atoms with Gasteiger partial charge in [-0.05, 0) is 24.6 Å². The predicted octanol–water partition coefficient (Wildman–Crippen LogP) is 0.535. The molecule has 1 aromatic rings. The van der Waals surface area contributed by atoms with E-state index in [-0.39, 0.29) is 25.0 Å². The minimum absolute atomic E-state index is 0.205. The molecule has 2 aliphatic heterocycles. The first-order chi connectivity index (χ1) is 11.9. The van der Waals surface area contributed by atoms with Crippen molar-refractivity contribution in [3.05, 3.63) is 35.0 Å². The second kappa shape index (κ2) is 6.64. The monoisotopic (exact) mass is 347 g/mol. The maximum atomic E-state index is 12.8. The number of carbonyl (C=O) groups is 2. The number of nitrogens with one attached hydrogen (secondary N) is 2. The number of β-amino-alcohol motifs (C(OH)–C–C–N with tert-alkyl or cyclic N) is 1. The number of carbonyl (C=O) groups excluding carboxylic acids is 2. The summed E-state index contributed by atoms with van der Waals surface area (Å²) < 4.78 is 10.5.